The molecule has 0 radical (unpaired) electrons. The lowest BCUT2D eigenvalue weighted by molar-refractivity contribution is -0.0987. The van der Waals surface area contributed by atoms with E-state index < -0.39 is 0 Å². The molecule has 34 heavy (non-hydrogen) atoms. The number of carbonyl (C=O) groups excluding carboxylic acids is 3. The number of hydrogen-bond donors (Lipinski definition) is 1. The van der Waals surface area contributed by atoms with Crippen LogP contribution in [0.4, 0.5) is 0 Å². The van der Waals surface area contributed by atoms with E-state index in [2.05, 4.69) is 37.1 Å². The number of nitrogens with zero attached hydrogens (tertiary/aromatic N) is 2. The molecule has 184 valence electrons. The number of aryl methyl sites for hydroxylation is 1. The van der Waals surface area contributed by atoms with Gasteiger partial charge in [0.15, 0.2) is 0 Å². The first kappa shape index (κ1) is 31.7. The van der Waals surface area contributed by atoms with Crippen molar-refractivity contribution in [3.05, 3.63) is 74.7 Å². The highest BCUT2D eigenvalue weighted by atomic mass is 35.5. The predicted molar refractivity (Wildman–Crippen MR) is 143 cm³/mol. The molecular weight excluding hydrogens is 517 g/mol. The van der Waals surface area contributed by atoms with Crippen LogP contribution in [0.1, 0.15) is 35.7 Å². The molecule has 1 heterocycles. The molecule has 0 aliphatic carbocycles. The molecule has 3 rings (SSSR count). The highest BCUT2D eigenvalue weighted by Crippen LogP contribution is 2.30. The molecule has 0 saturated carbocycles. The summed E-state index contributed by atoms with van der Waals surface area (Å²) in [6, 6.07) is 11.2. The zero-order chi connectivity index (χ0) is 26.4. The third kappa shape index (κ3) is 9.89. The van der Waals surface area contributed by atoms with Crippen LogP contribution in [0.5, 0.6) is 0 Å². The van der Waals surface area contributed by atoms with Crippen LogP contribution >= 0.6 is 46.6 Å². The van der Waals surface area contributed by atoms with Crippen molar-refractivity contribution in [2.75, 3.05) is 7.05 Å². The van der Waals surface area contributed by atoms with Crippen molar-refractivity contribution < 1.29 is 14.4 Å². The zero-order valence-corrected chi connectivity index (χ0v) is 22.8. The Balaban J connectivity index is 0.000000592. The topological polar surface area (TPSA) is 81.1 Å². The van der Waals surface area contributed by atoms with E-state index in [1.165, 1.54) is 10.5 Å². The lowest BCUT2D eigenvalue weighted by atomic mass is 10.2. The number of thioether (sulfide) groups is 1. The molecule has 0 atom stereocenters. The average Bonchev–Trinajstić information content (AvgIpc) is 3.20. The van der Waals surface area contributed by atoms with Crippen LogP contribution in [-0.2, 0) is 9.59 Å². The Morgan fingerprint density at radius 3 is 2.09 bits per heavy atom. The number of carbonyl (C=O) groups is 3. The molecule has 0 aliphatic heterocycles. The molecule has 3 aromatic rings. The molecule has 0 saturated heterocycles. The van der Waals surface area contributed by atoms with Crippen LogP contribution in [-0.4, -0.2) is 41.3 Å². The smallest absolute Gasteiger partial charge is 0.271 e. The Morgan fingerprint density at radius 1 is 1.03 bits per heavy atom. The summed E-state index contributed by atoms with van der Waals surface area (Å²) in [6.45, 7) is 12.2. The highest BCUT2D eigenvalue weighted by Gasteiger charge is 2.12. The Bertz CT molecular complexity index is 1050. The highest BCUT2D eigenvalue weighted by molar-refractivity contribution is 8.00. The third-order valence-electron chi connectivity index (χ3n) is 4.05. The molecule has 0 fully saturated rings. The maximum absolute atomic E-state index is 11.5. The monoisotopic (exact) mass is 543 g/mol. The quantitative estimate of drug-likeness (QED) is 0.373. The number of benzene rings is 2. The van der Waals surface area contributed by atoms with Crippen molar-refractivity contribution in [2.24, 2.45) is 0 Å². The van der Waals surface area contributed by atoms with Crippen LogP contribution in [0.15, 0.2) is 47.5 Å². The Morgan fingerprint density at radius 2 is 1.59 bits per heavy atom. The van der Waals surface area contributed by atoms with Gasteiger partial charge >= 0.3 is 0 Å². The van der Waals surface area contributed by atoms with E-state index >= 15 is 0 Å². The second-order valence-electron chi connectivity index (χ2n) is 6.78. The van der Waals surface area contributed by atoms with E-state index in [0.29, 0.717) is 26.8 Å². The molecule has 0 aliphatic rings. The van der Waals surface area contributed by atoms with Gasteiger partial charge in [-0.25, -0.2) is 4.98 Å². The van der Waals surface area contributed by atoms with Crippen molar-refractivity contribution in [1.29, 1.82) is 0 Å². The van der Waals surface area contributed by atoms with Crippen LogP contribution in [0, 0.1) is 13.8 Å². The molecule has 1 N–H and O–H groups in total. The first-order valence-corrected chi connectivity index (χ1v) is 11.9. The van der Waals surface area contributed by atoms with Gasteiger partial charge in [0, 0.05) is 44.1 Å². The van der Waals surface area contributed by atoms with Crippen molar-refractivity contribution in [2.45, 2.75) is 37.8 Å². The summed E-state index contributed by atoms with van der Waals surface area (Å²) in [7, 11) is 1.56. The fourth-order valence-electron chi connectivity index (χ4n) is 2.62. The first-order chi connectivity index (χ1) is 16.1. The van der Waals surface area contributed by atoms with Gasteiger partial charge in [0.2, 0.25) is 0 Å². The Hall–Kier alpha value is -2.32. The molecule has 0 unspecified atom stereocenters. The number of imidazole rings is 1. The predicted octanol–water partition coefficient (Wildman–Crippen LogP) is 6.63. The van der Waals surface area contributed by atoms with E-state index in [0.717, 1.165) is 10.7 Å². The first-order valence-electron chi connectivity index (χ1n) is 9.86. The largest absolute Gasteiger partial charge is 0.354 e. The Kier molecular flexibility index (Phi) is 15.2. The average molecular weight is 545 g/mol. The van der Waals surface area contributed by atoms with E-state index in [1.807, 2.05) is 37.5 Å². The number of aromatic nitrogens is 2. The van der Waals surface area contributed by atoms with Gasteiger partial charge in [-0.1, -0.05) is 54.7 Å². The summed E-state index contributed by atoms with van der Waals surface area (Å²) in [5, 5.41) is 5.07. The fourth-order valence-corrected chi connectivity index (χ4v) is 4.32. The normalized spacial score (nSPS) is 9.56. The van der Waals surface area contributed by atoms with Crippen molar-refractivity contribution in [3.63, 3.8) is 0 Å². The molecule has 1 amide bonds. The van der Waals surface area contributed by atoms with Gasteiger partial charge in [0.25, 0.3) is 5.91 Å². The summed E-state index contributed by atoms with van der Waals surface area (Å²) in [5.74, 6) is 0.455. The molecule has 10 heteroatoms. The third-order valence-corrected chi connectivity index (χ3v) is 6.06. The second kappa shape index (κ2) is 16.3. The maximum Gasteiger partial charge on any atom is 0.271 e. The van der Waals surface area contributed by atoms with Gasteiger partial charge in [-0.3, -0.25) is 4.79 Å². The summed E-state index contributed by atoms with van der Waals surface area (Å²) in [6.07, 6.45) is 1.65. The van der Waals surface area contributed by atoms with Crippen molar-refractivity contribution >= 4 is 66.1 Å². The van der Waals surface area contributed by atoms with E-state index in [4.69, 9.17) is 44.4 Å². The molecule has 0 bridgehead atoms. The second-order valence-corrected chi connectivity index (χ2v) is 9.68. The lowest BCUT2D eigenvalue weighted by Crippen LogP contribution is -2.18. The Labute approximate surface area is 220 Å². The van der Waals surface area contributed by atoms with Gasteiger partial charge in [0.05, 0.1) is 0 Å². The van der Waals surface area contributed by atoms with Gasteiger partial charge in [0.1, 0.15) is 25.1 Å². The summed E-state index contributed by atoms with van der Waals surface area (Å²) in [5.41, 5.74) is 2.32. The fraction of sp³-hybridized carbons (Fsp3) is 0.250. The standard InChI is InChI=1S/C12H11Cl2N3O.C10H13ClS.2CH2O/c1-7-16-11(12(18)15-2)6-17(7)10-4-8(13)3-9(14)5-10;1-7(2)12-10-6-4-5-9(11)8(10)3;2*1-2/h3-6H,1-2H3,(H,15,18);4-7H,1-3H3;2*1H2. The summed E-state index contributed by atoms with van der Waals surface area (Å²) >= 11 is 19.7. The van der Waals surface area contributed by atoms with E-state index in [-0.39, 0.29) is 5.91 Å². The summed E-state index contributed by atoms with van der Waals surface area (Å²) < 4.78 is 1.77. The van der Waals surface area contributed by atoms with Crippen LogP contribution in [0.25, 0.3) is 5.69 Å². The van der Waals surface area contributed by atoms with Crippen molar-refractivity contribution in [1.82, 2.24) is 14.9 Å². The van der Waals surface area contributed by atoms with Crippen molar-refractivity contribution in [3.8, 4) is 5.69 Å². The number of amides is 1. The molecule has 1 aromatic heterocycles. The molecule has 0 spiro atoms. The van der Waals surface area contributed by atoms with Crippen LogP contribution < -0.4 is 5.32 Å². The number of nitrogens with one attached hydrogen (secondary N) is 1. The van der Waals surface area contributed by atoms with E-state index in [1.54, 1.807) is 42.9 Å². The van der Waals surface area contributed by atoms with Gasteiger partial charge in [-0.2, -0.15) is 0 Å². The van der Waals surface area contributed by atoms with Crippen LogP contribution in [0.3, 0.4) is 0 Å². The van der Waals surface area contributed by atoms with Gasteiger partial charge in [-0.05, 0) is 49.7 Å². The number of halogens is 3. The van der Waals surface area contributed by atoms with Gasteiger partial charge in [-0.15, -0.1) is 11.8 Å². The number of hydrogen-bond acceptors (Lipinski definition) is 5. The van der Waals surface area contributed by atoms with Gasteiger partial charge < -0.3 is 19.5 Å². The minimum absolute atomic E-state index is 0.232. The lowest BCUT2D eigenvalue weighted by Gasteiger charge is -2.08. The minimum Gasteiger partial charge on any atom is -0.354 e. The molecule has 2 aromatic carbocycles. The minimum atomic E-state index is -0.232. The zero-order valence-electron chi connectivity index (χ0n) is 19.7. The molecular formula is C24H28Cl3N3O3S. The summed E-state index contributed by atoms with van der Waals surface area (Å²) in [4.78, 5) is 33.0. The van der Waals surface area contributed by atoms with E-state index in [9.17, 15) is 4.79 Å². The number of rotatable bonds is 4. The maximum atomic E-state index is 11.5. The SMILES string of the molecule is C=O.C=O.CNC(=O)c1cn(-c2cc(Cl)cc(Cl)c2)c(C)n1.Cc1c(Cl)cccc1SC(C)C. The van der Waals surface area contributed by atoms with Crippen LogP contribution in [0.2, 0.25) is 15.1 Å². The molecule has 6 nitrogen and oxygen atoms in total.